The van der Waals surface area contributed by atoms with Crippen molar-refractivity contribution >= 4 is 11.6 Å². The van der Waals surface area contributed by atoms with Crippen molar-refractivity contribution in [2.24, 2.45) is 17.8 Å². The van der Waals surface area contributed by atoms with Gasteiger partial charge in [-0.3, -0.25) is 10.3 Å². The number of nitrogens with zero attached hydrogens (tertiary/aromatic N) is 2. The van der Waals surface area contributed by atoms with E-state index in [2.05, 4.69) is 27.3 Å². The Kier molecular flexibility index (Phi) is 9.08. The molecule has 0 spiro atoms. The lowest BCUT2D eigenvalue weighted by atomic mass is 9.66. The number of nitrogens with one attached hydrogen (secondary N) is 1. The Labute approximate surface area is 232 Å². The van der Waals surface area contributed by atoms with Gasteiger partial charge in [-0.15, -0.1) is 0 Å². The molecule has 2 fully saturated rings. The summed E-state index contributed by atoms with van der Waals surface area (Å²) in [6.45, 7) is 8.15. The molecule has 1 saturated heterocycles. The highest BCUT2D eigenvalue weighted by Gasteiger charge is 2.43. The molecule has 2 aliphatic heterocycles. The fourth-order valence-corrected chi connectivity index (χ4v) is 7.12. The average Bonchev–Trinajstić information content (AvgIpc) is 3.32. The van der Waals surface area contributed by atoms with Crippen LogP contribution in [0.3, 0.4) is 0 Å². The lowest BCUT2D eigenvalue weighted by molar-refractivity contribution is -0.0754. The third-order valence-corrected chi connectivity index (χ3v) is 9.53. The van der Waals surface area contributed by atoms with E-state index in [1.165, 1.54) is 5.56 Å². The molecular formula is C31H44ClN3O3. The molecule has 0 amide bonds. The van der Waals surface area contributed by atoms with Gasteiger partial charge in [0.1, 0.15) is 6.23 Å². The van der Waals surface area contributed by atoms with Gasteiger partial charge in [0.05, 0.1) is 24.0 Å². The molecule has 3 N–H and O–H groups in total. The van der Waals surface area contributed by atoms with E-state index in [1.54, 1.807) is 0 Å². The Morgan fingerprint density at radius 3 is 2.79 bits per heavy atom. The highest BCUT2D eigenvalue weighted by Crippen LogP contribution is 2.47. The van der Waals surface area contributed by atoms with E-state index in [1.807, 2.05) is 44.3 Å². The minimum absolute atomic E-state index is 0.242. The maximum absolute atomic E-state index is 10.8. The number of halogens is 1. The molecular weight excluding hydrogens is 498 g/mol. The van der Waals surface area contributed by atoms with Gasteiger partial charge in [0, 0.05) is 30.2 Å². The van der Waals surface area contributed by atoms with Gasteiger partial charge in [-0.1, -0.05) is 29.8 Å². The molecule has 6 nitrogen and oxygen atoms in total. The van der Waals surface area contributed by atoms with E-state index < -0.39 is 11.8 Å². The highest BCUT2D eigenvalue weighted by atomic mass is 35.5. The van der Waals surface area contributed by atoms with Crippen molar-refractivity contribution < 1.29 is 14.9 Å². The number of aliphatic hydroxyl groups is 2. The second-order valence-electron chi connectivity index (χ2n) is 12.3. The fourth-order valence-electron chi connectivity index (χ4n) is 6.99. The summed E-state index contributed by atoms with van der Waals surface area (Å²) in [6.07, 6.45) is 7.87. The molecule has 0 radical (unpaired) electrons. The summed E-state index contributed by atoms with van der Waals surface area (Å²) in [6, 6.07) is 12.1. The molecule has 1 aromatic heterocycles. The maximum atomic E-state index is 10.8. The lowest BCUT2D eigenvalue weighted by Gasteiger charge is -2.43. The summed E-state index contributed by atoms with van der Waals surface area (Å²) in [4.78, 5) is 7.19. The van der Waals surface area contributed by atoms with Gasteiger partial charge in [-0.05, 0) is 113 Å². The van der Waals surface area contributed by atoms with Gasteiger partial charge in [0.2, 0.25) is 0 Å². The normalized spacial score (nSPS) is 28.9. The Hall–Kier alpha value is -1.54. The Morgan fingerprint density at radius 1 is 1.18 bits per heavy atom. The van der Waals surface area contributed by atoms with Crippen LogP contribution in [0.1, 0.15) is 75.1 Å². The number of pyridine rings is 1. The topological polar surface area (TPSA) is 77.9 Å². The van der Waals surface area contributed by atoms with Crippen LogP contribution in [0.2, 0.25) is 5.02 Å². The number of rotatable bonds is 9. The number of likely N-dealkylation sites (tertiary alicyclic amines) is 1. The number of benzene rings is 1. The molecule has 38 heavy (non-hydrogen) atoms. The van der Waals surface area contributed by atoms with E-state index in [0.29, 0.717) is 30.9 Å². The molecule has 5 rings (SSSR count). The van der Waals surface area contributed by atoms with Crippen LogP contribution in [0, 0.1) is 17.8 Å². The first kappa shape index (κ1) is 28.0. The Bertz CT molecular complexity index is 1040. The summed E-state index contributed by atoms with van der Waals surface area (Å²) in [5.41, 5.74) is 2.89. The predicted octanol–water partition coefficient (Wildman–Crippen LogP) is 5.11. The van der Waals surface area contributed by atoms with E-state index in [4.69, 9.17) is 16.3 Å². The molecule has 0 bridgehead atoms. The maximum Gasteiger partial charge on any atom is 0.109 e. The molecule has 3 heterocycles. The summed E-state index contributed by atoms with van der Waals surface area (Å²) < 4.78 is 6.41. The molecule has 208 valence electrons. The monoisotopic (exact) mass is 541 g/mol. The van der Waals surface area contributed by atoms with Gasteiger partial charge in [-0.2, -0.15) is 0 Å². The predicted molar refractivity (Wildman–Crippen MR) is 151 cm³/mol. The quantitative estimate of drug-likeness (QED) is 0.383. The first-order valence-corrected chi connectivity index (χ1v) is 14.8. The summed E-state index contributed by atoms with van der Waals surface area (Å²) in [7, 11) is 0. The second kappa shape index (κ2) is 12.3. The second-order valence-corrected chi connectivity index (χ2v) is 12.7. The summed E-state index contributed by atoms with van der Waals surface area (Å²) >= 11 is 5.98. The van der Waals surface area contributed by atoms with Gasteiger partial charge in [0.25, 0.3) is 0 Å². The molecule has 6 unspecified atom stereocenters. The van der Waals surface area contributed by atoms with Crippen molar-refractivity contribution in [3.8, 4) is 0 Å². The fraction of sp³-hybridized carbons (Fsp3) is 0.645. The zero-order valence-electron chi connectivity index (χ0n) is 22.9. The molecule has 1 aromatic carbocycles. The van der Waals surface area contributed by atoms with Gasteiger partial charge in [-0.25, -0.2) is 0 Å². The summed E-state index contributed by atoms with van der Waals surface area (Å²) in [5.74, 6) is 1.36. The van der Waals surface area contributed by atoms with Crippen molar-refractivity contribution in [2.45, 2.75) is 89.4 Å². The van der Waals surface area contributed by atoms with Crippen LogP contribution >= 0.6 is 11.6 Å². The van der Waals surface area contributed by atoms with Gasteiger partial charge >= 0.3 is 0 Å². The smallest absolute Gasteiger partial charge is 0.109 e. The van der Waals surface area contributed by atoms with E-state index in [-0.39, 0.29) is 12.0 Å². The minimum Gasteiger partial charge on any atom is -0.390 e. The zero-order valence-corrected chi connectivity index (χ0v) is 23.6. The minimum atomic E-state index is -0.660. The molecule has 1 saturated carbocycles. The van der Waals surface area contributed by atoms with Crippen molar-refractivity contribution in [1.82, 2.24) is 15.2 Å². The van der Waals surface area contributed by atoms with Crippen LogP contribution in [-0.2, 0) is 17.9 Å². The molecule has 1 aliphatic carbocycles. The van der Waals surface area contributed by atoms with E-state index >= 15 is 0 Å². The number of aromatic nitrogens is 1. The van der Waals surface area contributed by atoms with Gasteiger partial charge in [0.15, 0.2) is 0 Å². The van der Waals surface area contributed by atoms with E-state index in [9.17, 15) is 10.2 Å². The van der Waals surface area contributed by atoms with Gasteiger partial charge < -0.3 is 19.8 Å². The number of aliphatic hydroxyl groups excluding tert-OH is 1. The zero-order chi connectivity index (χ0) is 26.7. The standard InChI is InChI=1S/C31H44ClN3O3/c1-31(2,37)23-9-12-29-27(17-23)25(26-5-3-14-33-28(26)20-38-29)6-4-15-35-16-13-22(19-35)30(36)34-18-21-7-10-24(32)11-8-21/h3,5,7-8,10-11,14,22-23,25,27,29-30,34,36-37H,4,6,9,12-13,15-20H2,1-2H3. The molecule has 6 atom stereocenters. The van der Waals surface area contributed by atoms with Crippen LogP contribution in [0.5, 0.6) is 0 Å². The van der Waals surface area contributed by atoms with Crippen LogP contribution < -0.4 is 5.32 Å². The first-order valence-electron chi connectivity index (χ1n) is 14.4. The highest BCUT2D eigenvalue weighted by molar-refractivity contribution is 6.30. The Morgan fingerprint density at radius 2 is 2.00 bits per heavy atom. The Balaban J connectivity index is 1.16. The van der Waals surface area contributed by atoms with Crippen LogP contribution in [0.15, 0.2) is 42.6 Å². The first-order chi connectivity index (χ1) is 18.3. The van der Waals surface area contributed by atoms with Crippen LogP contribution in [0.4, 0.5) is 0 Å². The van der Waals surface area contributed by atoms with E-state index in [0.717, 1.165) is 74.4 Å². The molecule has 2 aromatic rings. The summed E-state index contributed by atoms with van der Waals surface area (Å²) in [5, 5.41) is 25.6. The molecule has 3 aliphatic rings. The SMILES string of the molecule is CC(C)(O)C1CCC2OCc3ncccc3C(CCCN3CCC(C(O)NCc4ccc(Cl)cc4)C3)C2C1. The van der Waals surface area contributed by atoms with Crippen molar-refractivity contribution in [3.05, 3.63) is 64.4 Å². The largest absolute Gasteiger partial charge is 0.390 e. The van der Waals surface area contributed by atoms with Crippen molar-refractivity contribution in [3.63, 3.8) is 0 Å². The molecule has 7 heteroatoms. The van der Waals surface area contributed by atoms with Crippen LogP contribution in [-0.4, -0.2) is 57.7 Å². The van der Waals surface area contributed by atoms with Crippen molar-refractivity contribution in [2.75, 3.05) is 19.6 Å². The van der Waals surface area contributed by atoms with Crippen LogP contribution in [0.25, 0.3) is 0 Å². The number of hydrogen-bond donors (Lipinski definition) is 3. The number of hydrogen-bond acceptors (Lipinski definition) is 6. The number of ether oxygens (including phenoxy) is 1. The third kappa shape index (κ3) is 6.78. The average molecular weight is 542 g/mol. The lowest BCUT2D eigenvalue weighted by Crippen LogP contribution is -2.41. The number of fused-ring (bicyclic) bond motifs is 2. The van der Waals surface area contributed by atoms with Crippen molar-refractivity contribution in [1.29, 1.82) is 0 Å². The third-order valence-electron chi connectivity index (χ3n) is 9.28.